The second-order valence-electron chi connectivity index (χ2n) is 7.39. The molecule has 1 aliphatic rings. The van der Waals surface area contributed by atoms with Gasteiger partial charge in [-0.25, -0.2) is 4.98 Å². The third kappa shape index (κ3) is 5.70. The molecule has 0 aliphatic carbocycles. The number of rotatable bonds is 8. The molecule has 2 heterocycles. The summed E-state index contributed by atoms with van der Waals surface area (Å²) in [7, 11) is 3.23. The number of carbonyl (C=O) groups excluding carboxylic acids is 1. The van der Waals surface area contributed by atoms with E-state index in [0.29, 0.717) is 39.3 Å². The van der Waals surface area contributed by atoms with Crippen LogP contribution in [-0.2, 0) is 4.74 Å². The quantitative estimate of drug-likeness (QED) is 0.434. The summed E-state index contributed by atoms with van der Waals surface area (Å²) in [6.07, 6.45) is 0.806. The molecule has 1 aromatic heterocycles. The molecule has 1 aliphatic heterocycles. The largest absolute Gasteiger partial charge is 0.495 e. The third-order valence-corrected chi connectivity index (χ3v) is 6.86. The lowest BCUT2D eigenvalue weighted by molar-refractivity contribution is 0.0376. The highest BCUT2D eigenvalue weighted by Gasteiger charge is 2.25. The Hall–Kier alpha value is -2.10. The van der Waals surface area contributed by atoms with Crippen LogP contribution in [0.3, 0.4) is 0 Å². The summed E-state index contributed by atoms with van der Waals surface area (Å²) >= 11 is 7.77. The number of amides is 1. The minimum absolute atomic E-state index is 0. The van der Waals surface area contributed by atoms with Crippen molar-refractivity contribution in [3.05, 3.63) is 47.0 Å². The van der Waals surface area contributed by atoms with E-state index in [1.807, 2.05) is 24.3 Å². The molecule has 1 amide bonds. The van der Waals surface area contributed by atoms with Gasteiger partial charge in [0.1, 0.15) is 21.7 Å². The average molecular weight is 512 g/mol. The summed E-state index contributed by atoms with van der Waals surface area (Å²) in [6, 6.07) is 10.8. The van der Waals surface area contributed by atoms with Gasteiger partial charge in [-0.1, -0.05) is 35.1 Å². The van der Waals surface area contributed by atoms with Crippen LogP contribution in [0.5, 0.6) is 11.5 Å². The SMILES string of the molecule is COc1ccc(OC)c2sc(N(CCCN3CCOCC3)C(=O)c3ccccc3Cl)nc12.Cl. The van der Waals surface area contributed by atoms with Gasteiger partial charge in [0.2, 0.25) is 0 Å². The average Bonchev–Trinajstić information content (AvgIpc) is 3.27. The van der Waals surface area contributed by atoms with Gasteiger partial charge in [-0.15, -0.1) is 12.4 Å². The molecule has 1 fully saturated rings. The summed E-state index contributed by atoms with van der Waals surface area (Å²) in [6.45, 7) is 4.72. The number of ether oxygens (including phenoxy) is 3. The highest BCUT2D eigenvalue weighted by Crippen LogP contribution is 2.40. The Balaban J connectivity index is 0.00000306. The molecule has 1 saturated heterocycles. The number of thiazole rings is 1. The Kier molecular flexibility index (Phi) is 9.17. The zero-order valence-electron chi connectivity index (χ0n) is 18.6. The van der Waals surface area contributed by atoms with Crippen molar-refractivity contribution in [1.29, 1.82) is 0 Å². The Labute approximate surface area is 208 Å². The van der Waals surface area contributed by atoms with Gasteiger partial charge in [-0.05, 0) is 30.7 Å². The molecular formula is C23H27Cl2N3O4S. The first-order valence-electron chi connectivity index (χ1n) is 10.5. The van der Waals surface area contributed by atoms with Gasteiger partial charge in [0.05, 0.1) is 38.0 Å². The summed E-state index contributed by atoms with van der Waals surface area (Å²) < 4.78 is 17.3. The maximum Gasteiger partial charge on any atom is 0.261 e. The van der Waals surface area contributed by atoms with E-state index in [4.69, 9.17) is 30.8 Å². The molecule has 2 aromatic carbocycles. The minimum atomic E-state index is -0.172. The van der Waals surface area contributed by atoms with Crippen LogP contribution >= 0.6 is 35.3 Å². The number of nitrogens with zero attached hydrogens (tertiary/aromatic N) is 3. The van der Waals surface area contributed by atoms with Crippen molar-refractivity contribution in [2.45, 2.75) is 6.42 Å². The van der Waals surface area contributed by atoms with Gasteiger partial charge >= 0.3 is 0 Å². The molecule has 0 atom stereocenters. The Morgan fingerprint density at radius 3 is 2.55 bits per heavy atom. The van der Waals surface area contributed by atoms with E-state index in [9.17, 15) is 4.79 Å². The number of benzene rings is 2. The normalized spacial score (nSPS) is 14.0. The Bertz CT molecular complexity index is 1050. The lowest BCUT2D eigenvalue weighted by atomic mass is 10.2. The number of hydrogen-bond donors (Lipinski definition) is 0. The number of hydrogen-bond acceptors (Lipinski definition) is 7. The Morgan fingerprint density at radius 1 is 1.15 bits per heavy atom. The molecular weight excluding hydrogens is 485 g/mol. The van der Waals surface area contributed by atoms with E-state index in [2.05, 4.69) is 4.90 Å². The first kappa shape index (κ1) is 25.5. The molecule has 7 nitrogen and oxygen atoms in total. The molecule has 33 heavy (non-hydrogen) atoms. The summed E-state index contributed by atoms with van der Waals surface area (Å²) in [4.78, 5) is 22.4. The molecule has 0 bridgehead atoms. The van der Waals surface area contributed by atoms with Crippen LogP contribution < -0.4 is 14.4 Å². The standard InChI is InChI=1S/C23H26ClN3O4S.ClH/c1-29-18-8-9-19(30-2)21-20(18)25-23(32-21)27(11-5-10-26-12-14-31-15-13-26)22(28)16-6-3-4-7-17(16)24;/h3-4,6-9H,5,10-15H2,1-2H3;1H. The number of fused-ring (bicyclic) bond motifs is 1. The molecule has 3 aromatic rings. The van der Waals surface area contributed by atoms with Crippen molar-refractivity contribution >= 4 is 56.6 Å². The van der Waals surface area contributed by atoms with E-state index in [1.54, 1.807) is 31.3 Å². The van der Waals surface area contributed by atoms with E-state index >= 15 is 0 Å². The van der Waals surface area contributed by atoms with Crippen molar-refractivity contribution in [1.82, 2.24) is 9.88 Å². The van der Waals surface area contributed by atoms with Gasteiger partial charge in [0.25, 0.3) is 5.91 Å². The zero-order valence-corrected chi connectivity index (χ0v) is 21.0. The van der Waals surface area contributed by atoms with Gasteiger partial charge in [0.15, 0.2) is 5.13 Å². The monoisotopic (exact) mass is 511 g/mol. The first-order valence-corrected chi connectivity index (χ1v) is 11.7. The summed E-state index contributed by atoms with van der Waals surface area (Å²) in [5.74, 6) is 1.17. The van der Waals surface area contributed by atoms with Crippen LogP contribution in [0.25, 0.3) is 10.2 Å². The van der Waals surface area contributed by atoms with E-state index < -0.39 is 0 Å². The van der Waals surface area contributed by atoms with Gasteiger partial charge in [0, 0.05) is 26.2 Å². The smallest absolute Gasteiger partial charge is 0.261 e. The van der Waals surface area contributed by atoms with Gasteiger partial charge in [-0.2, -0.15) is 0 Å². The number of morpholine rings is 1. The molecule has 0 N–H and O–H groups in total. The second-order valence-corrected chi connectivity index (χ2v) is 8.77. The fraction of sp³-hybridized carbons (Fsp3) is 0.391. The number of anilines is 1. The minimum Gasteiger partial charge on any atom is -0.495 e. The maximum absolute atomic E-state index is 13.5. The van der Waals surface area contributed by atoms with Crippen LogP contribution in [0.2, 0.25) is 5.02 Å². The van der Waals surface area contributed by atoms with Crippen LogP contribution in [-0.4, -0.2) is 69.4 Å². The molecule has 178 valence electrons. The van der Waals surface area contributed by atoms with Crippen molar-refractivity contribution in [3.63, 3.8) is 0 Å². The van der Waals surface area contributed by atoms with Crippen molar-refractivity contribution in [3.8, 4) is 11.5 Å². The van der Waals surface area contributed by atoms with Crippen LogP contribution in [0.4, 0.5) is 5.13 Å². The number of carbonyl (C=O) groups is 1. The number of aromatic nitrogens is 1. The fourth-order valence-electron chi connectivity index (χ4n) is 3.73. The molecule has 0 saturated carbocycles. The third-order valence-electron chi connectivity index (χ3n) is 5.44. The van der Waals surface area contributed by atoms with Crippen LogP contribution in [0, 0.1) is 0 Å². The van der Waals surface area contributed by atoms with Gasteiger partial charge in [-0.3, -0.25) is 14.6 Å². The second kappa shape index (κ2) is 11.9. The number of methoxy groups -OCH3 is 2. The predicted octanol–water partition coefficient (Wildman–Crippen LogP) is 4.76. The summed E-state index contributed by atoms with van der Waals surface area (Å²) in [5, 5.41) is 1.02. The summed E-state index contributed by atoms with van der Waals surface area (Å²) in [5.41, 5.74) is 1.13. The predicted molar refractivity (Wildman–Crippen MR) is 135 cm³/mol. The van der Waals surface area contributed by atoms with Crippen molar-refractivity contribution in [2.24, 2.45) is 0 Å². The Morgan fingerprint density at radius 2 is 1.85 bits per heavy atom. The highest BCUT2D eigenvalue weighted by molar-refractivity contribution is 7.22. The molecule has 4 rings (SSSR count). The zero-order chi connectivity index (χ0) is 22.5. The van der Waals surface area contributed by atoms with E-state index in [1.165, 1.54) is 11.3 Å². The van der Waals surface area contributed by atoms with Crippen molar-refractivity contribution in [2.75, 3.05) is 58.5 Å². The molecule has 0 unspecified atom stereocenters. The van der Waals surface area contributed by atoms with E-state index in [-0.39, 0.29) is 18.3 Å². The topological polar surface area (TPSA) is 64.1 Å². The fourth-order valence-corrected chi connectivity index (χ4v) is 5.05. The van der Waals surface area contributed by atoms with Gasteiger partial charge < -0.3 is 14.2 Å². The lowest BCUT2D eigenvalue weighted by Crippen LogP contribution is -2.39. The highest BCUT2D eigenvalue weighted by atomic mass is 35.5. The number of halogens is 2. The molecule has 0 spiro atoms. The van der Waals surface area contributed by atoms with E-state index in [0.717, 1.165) is 44.0 Å². The molecule has 10 heteroatoms. The molecule has 0 radical (unpaired) electrons. The maximum atomic E-state index is 13.5. The van der Waals surface area contributed by atoms with Crippen molar-refractivity contribution < 1.29 is 19.0 Å². The first-order chi connectivity index (χ1) is 15.6. The van der Waals surface area contributed by atoms with Crippen LogP contribution in [0.15, 0.2) is 36.4 Å². The lowest BCUT2D eigenvalue weighted by Gasteiger charge is -2.27. The van der Waals surface area contributed by atoms with Crippen LogP contribution in [0.1, 0.15) is 16.8 Å².